The van der Waals surface area contributed by atoms with Crippen LogP contribution < -0.4 is 0 Å². The van der Waals surface area contributed by atoms with E-state index < -0.39 is 0 Å². The second-order valence-electron chi connectivity index (χ2n) is 8.89. The molecule has 1 N–H and O–H groups in total. The minimum absolute atomic E-state index is 0.000524. The second-order valence-corrected chi connectivity index (χ2v) is 8.89. The average molecular weight is 347 g/mol. The number of hydrogen-bond acceptors (Lipinski definition) is 3. The molecule has 0 aromatic heterocycles. The van der Waals surface area contributed by atoms with E-state index in [1.807, 2.05) is 0 Å². The van der Waals surface area contributed by atoms with E-state index in [0.29, 0.717) is 17.6 Å². The van der Waals surface area contributed by atoms with Crippen molar-refractivity contribution in [2.24, 2.45) is 11.3 Å². The van der Waals surface area contributed by atoms with E-state index in [9.17, 15) is 5.11 Å². The van der Waals surface area contributed by atoms with E-state index in [1.165, 1.54) is 24.0 Å². The molecule has 2 aliphatic rings. The zero-order valence-electron chi connectivity index (χ0n) is 16.7. The molecule has 1 aromatic carbocycles. The van der Waals surface area contributed by atoms with Gasteiger partial charge in [0.15, 0.2) is 6.29 Å². The Morgan fingerprint density at radius 2 is 1.80 bits per heavy atom. The highest BCUT2D eigenvalue weighted by atomic mass is 16.7. The SMILES string of the molecule is COC(OC)C1(C)CCCC2(C)c3cc(O)c(C(C)C)cc3CCC21. The number of fused-ring (bicyclic) bond motifs is 3. The highest BCUT2D eigenvalue weighted by molar-refractivity contribution is 5.48. The summed E-state index contributed by atoms with van der Waals surface area (Å²) in [6.07, 6.45) is 5.52. The van der Waals surface area contributed by atoms with Crippen molar-refractivity contribution >= 4 is 0 Å². The first-order valence-corrected chi connectivity index (χ1v) is 9.69. The first-order valence-electron chi connectivity index (χ1n) is 9.69. The lowest BCUT2D eigenvalue weighted by Gasteiger charge is -2.57. The van der Waals surface area contributed by atoms with E-state index in [4.69, 9.17) is 9.47 Å². The number of rotatable bonds is 4. The standard InChI is InChI=1S/C22H34O3/c1-14(2)16-12-15-8-9-19-21(3,17(15)13-18(16)23)10-7-11-22(19,4)20(24-5)25-6/h12-14,19-20,23H,7-11H2,1-6H3. The third-order valence-corrected chi connectivity index (χ3v) is 7.14. The number of phenolic OH excluding ortho intramolecular Hbond substituents is 1. The Labute approximate surface area is 152 Å². The molecule has 3 nitrogen and oxygen atoms in total. The largest absolute Gasteiger partial charge is 0.508 e. The number of benzene rings is 1. The summed E-state index contributed by atoms with van der Waals surface area (Å²) in [5.41, 5.74) is 3.92. The number of methoxy groups -OCH3 is 2. The first kappa shape index (κ1) is 18.7. The summed E-state index contributed by atoms with van der Waals surface area (Å²) in [5.74, 6) is 1.30. The average Bonchev–Trinajstić information content (AvgIpc) is 2.55. The molecule has 0 heterocycles. The molecule has 0 amide bonds. The number of aryl methyl sites for hydroxylation is 1. The van der Waals surface area contributed by atoms with Crippen LogP contribution in [0.5, 0.6) is 5.75 Å². The molecule has 25 heavy (non-hydrogen) atoms. The predicted molar refractivity (Wildman–Crippen MR) is 101 cm³/mol. The molecule has 0 radical (unpaired) electrons. The highest BCUT2D eigenvalue weighted by Gasteiger charge is 2.55. The molecule has 0 bridgehead atoms. The fourth-order valence-electron chi connectivity index (χ4n) is 5.95. The van der Waals surface area contributed by atoms with Crippen molar-refractivity contribution in [1.29, 1.82) is 0 Å². The number of ether oxygens (including phenoxy) is 2. The van der Waals surface area contributed by atoms with Gasteiger partial charge in [0.1, 0.15) is 5.75 Å². The number of aromatic hydroxyl groups is 1. The zero-order chi connectivity index (χ0) is 18.4. The van der Waals surface area contributed by atoms with Gasteiger partial charge in [0.2, 0.25) is 0 Å². The molecule has 140 valence electrons. The van der Waals surface area contributed by atoms with Crippen LogP contribution in [0.2, 0.25) is 0 Å². The number of phenols is 1. The lowest BCUT2D eigenvalue weighted by atomic mass is 9.49. The summed E-state index contributed by atoms with van der Waals surface area (Å²) in [5, 5.41) is 10.6. The van der Waals surface area contributed by atoms with Crippen LogP contribution in [-0.4, -0.2) is 25.6 Å². The van der Waals surface area contributed by atoms with Gasteiger partial charge < -0.3 is 14.6 Å². The van der Waals surface area contributed by atoms with Crippen LogP contribution >= 0.6 is 0 Å². The lowest BCUT2D eigenvalue weighted by Crippen LogP contribution is -2.54. The van der Waals surface area contributed by atoms with Crippen molar-refractivity contribution in [2.75, 3.05) is 14.2 Å². The van der Waals surface area contributed by atoms with Crippen molar-refractivity contribution in [2.45, 2.75) is 77.4 Å². The summed E-state index contributed by atoms with van der Waals surface area (Å²) in [6.45, 7) is 9.02. The van der Waals surface area contributed by atoms with Gasteiger partial charge in [-0.25, -0.2) is 0 Å². The maximum absolute atomic E-state index is 10.6. The Hall–Kier alpha value is -1.06. The van der Waals surface area contributed by atoms with E-state index in [1.54, 1.807) is 14.2 Å². The topological polar surface area (TPSA) is 38.7 Å². The van der Waals surface area contributed by atoms with Gasteiger partial charge in [-0.05, 0) is 65.7 Å². The van der Waals surface area contributed by atoms with Gasteiger partial charge >= 0.3 is 0 Å². The van der Waals surface area contributed by atoms with Gasteiger partial charge in [0.05, 0.1) is 0 Å². The summed E-state index contributed by atoms with van der Waals surface area (Å²) in [6, 6.07) is 4.32. The Morgan fingerprint density at radius 3 is 2.40 bits per heavy atom. The summed E-state index contributed by atoms with van der Waals surface area (Å²) in [4.78, 5) is 0. The lowest BCUT2D eigenvalue weighted by molar-refractivity contribution is -0.212. The maximum atomic E-state index is 10.6. The van der Waals surface area contributed by atoms with E-state index in [-0.39, 0.29) is 17.1 Å². The molecule has 0 saturated heterocycles. The van der Waals surface area contributed by atoms with Gasteiger partial charge in [-0.15, -0.1) is 0 Å². The van der Waals surface area contributed by atoms with Gasteiger partial charge in [0.25, 0.3) is 0 Å². The fourth-order valence-corrected chi connectivity index (χ4v) is 5.95. The highest BCUT2D eigenvalue weighted by Crippen LogP contribution is 2.59. The Kier molecular flexibility index (Phi) is 4.93. The van der Waals surface area contributed by atoms with Gasteiger partial charge in [-0.2, -0.15) is 0 Å². The smallest absolute Gasteiger partial charge is 0.162 e. The van der Waals surface area contributed by atoms with Crippen LogP contribution in [0.4, 0.5) is 0 Å². The van der Waals surface area contributed by atoms with Crippen molar-refractivity contribution in [3.05, 3.63) is 28.8 Å². The van der Waals surface area contributed by atoms with Gasteiger partial charge in [-0.1, -0.05) is 40.2 Å². The molecule has 3 rings (SSSR count). The fraction of sp³-hybridized carbons (Fsp3) is 0.727. The Morgan fingerprint density at radius 1 is 1.12 bits per heavy atom. The molecule has 1 aromatic rings. The maximum Gasteiger partial charge on any atom is 0.162 e. The predicted octanol–water partition coefficient (Wildman–Crippen LogP) is 5.14. The quantitative estimate of drug-likeness (QED) is 0.767. The molecule has 1 saturated carbocycles. The van der Waals surface area contributed by atoms with Crippen molar-refractivity contribution in [3.63, 3.8) is 0 Å². The van der Waals surface area contributed by atoms with Crippen LogP contribution in [0.25, 0.3) is 0 Å². The van der Waals surface area contributed by atoms with Crippen molar-refractivity contribution in [1.82, 2.24) is 0 Å². The van der Waals surface area contributed by atoms with Crippen LogP contribution in [0.1, 0.15) is 76.0 Å². The molecule has 0 spiro atoms. The summed E-state index contributed by atoms with van der Waals surface area (Å²) in [7, 11) is 3.51. The number of hydrogen-bond donors (Lipinski definition) is 1. The minimum Gasteiger partial charge on any atom is -0.508 e. The molecular formula is C22H34O3. The van der Waals surface area contributed by atoms with Crippen LogP contribution in [0, 0.1) is 11.3 Å². The van der Waals surface area contributed by atoms with Crippen molar-refractivity contribution in [3.8, 4) is 5.75 Å². The monoisotopic (exact) mass is 346 g/mol. The normalized spacial score (nSPS) is 31.9. The van der Waals surface area contributed by atoms with Crippen LogP contribution in [-0.2, 0) is 21.3 Å². The second kappa shape index (κ2) is 6.59. The molecular weight excluding hydrogens is 312 g/mol. The van der Waals surface area contributed by atoms with E-state index >= 15 is 0 Å². The third-order valence-electron chi connectivity index (χ3n) is 7.14. The molecule has 2 aliphatic carbocycles. The molecule has 1 fully saturated rings. The van der Waals surface area contributed by atoms with E-state index in [2.05, 4.69) is 39.8 Å². The zero-order valence-corrected chi connectivity index (χ0v) is 16.7. The Bertz CT molecular complexity index is 634. The van der Waals surface area contributed by atoms with Gasteiger partial charge in [-0.3, -0.25) is 0 Å². The first-order chi connectivity index (χ1) is 11.8. The summed E-state index contributed by atoms with van der Waals surface area (Å²) >= 11 is 0. The van der Waals surface area contributed by atoms with Crippen LogP contribution in [0.3, 0.4) is 0 Å². The van der Waals surface area contributed by atoms with Gasteiger partial charge in [0, 0.05) is 19.6 Å². The van der Waals surface area contributed by atoms with Crippen LogP contribution in [0.15, 0.2) is 12.1 Å². The third kappa shape index (κ3) is 2.80. The van der Waals surface area contributed by atoms with Crippen molar-refractivity contribution < 1.29 is 14.6 Å². The molecule has 3 atom stereocenters. The Balaban J connectivity index is 2.08. The minimum atomic E-state index is -0.179. The van der Waals surface area contributed by atoms with E-state index in [0.717, 1.165) is 24.8 Å². The molecule has 0 aliphatic heterocycles. The molecule has 3 unspecified atom stereocenters. The molecule has 3 heteroatoms. The summed E-state index contributed by atoms with van der Waals surface area (Å²) < 4.78 is 11.5.